The third kappa shape index (κ3) is 4.07. The highest BCUT2D eigenvalue weighted by molar-refractivity contribution is 6.35. The lowest BCUT2D eigenvalue weighted by Crippen LogP contribution is -2.45. The average molecular weight is 411 g/mol. The Morgan fingerprint density at radius 1 is 1.03 bits per heavy atom. The normalized spacial score (nSPS) is 15.0. The summed E-state index contributed by atoms with van der Waals surface area (Å²) >= 11 is 0. The molecule has 2 aromatic rings. The maximum atomic E-state index is 12.8. The Morgan fingerprint density at radius 2 is 1.73 bits per heavy atom. The monoisotopic (exact) mass is 411 g/mol. The topological polar surface area (TPSA) is 97.0 Å². The Kier molecular flexibility index (Phi) is 6.25. The van der Waals surface area contributed by atoms with Gasteiger partial charge >= 0.3 is 11.8 Å². The molecule has 0 saturated heterocycles. The molecule has 0 spiro atoms. The lowest BCUT2D eigenvalue weighted by atomic mass is 10.1. The standard InChI is InChI=1S/C22H25N3O5/c1-13(2)25-16-8-6-5-7-15(16)19(22(25)28)24-21(27)20(26)23-12-14-9-10-17(29-3)18(11-14)30-4/h5-11,13,19H,12H2,1-4H3,(H,23,26)(H,24,27). The lowest BCUT2D eigenvalue weighted by molar-refractivity contribution is -0.140. The van der Waals surface area contributed by atoms with E-state index in [9.17, 15) is 14.4 Å². The summed E-state index contributed by atoms with van der Waals surface area (Å²) in [5.74, 6) is -0.853. The van der Waals surface area contributed by atoms with Crippen molar-refractivity contribution in [1.82, 2.24) is 10.6 Å². The molecule has 1 aliphatic rings. The summed E-state index contributed by atoms with van der Waals surface area (Å²) in [6.07, 6.45) is 0. The zero-order chi connectivity index (χ0) is 21.8. The van der Waals surface area contributed by atoms with Crippen LogP contribution in [0.25, 0.3) is 0 Å². The minimum absolute atomic E-state index is 0.0700. The Bertz CT molecular complexity index is 973. The minimum Gasteiger partial charge on any atom is -0.493 e. The number of amides is 3. The molecule has 0 aromatic heterocycles. The Hall–Kier alpha value is -3.55. The van der Waals surface area contributed by atoms with Crippen LogP contribution in [0.3, 0.4) is 0 Å². The first kappa shape index (κ1) is 21.2. The smallest absolute Gasteiger partial charge is 0.310 e. The van der Waals surface area contributed by atoms with Crippen LogP contribution in [0.5, 0.6) is 11.5 Å². The first-order chi connectivity index (χ1) is 14.4. The van der Waals surface area contributed by atoms with E-state index in [2.05, 4.69) is 10.6 Å². The van der Waals surface area contributed by atoms with Gasteiger partial charge in [0.05, 0.1) is 14.2 Å². The number of nitrogens with zero attached hydrogens (tertiary/aromatic N) is 1. The summed E-state index contributed by atoms with van der Waals surface area (Å²) in [6, 6.07) is 11.5. The van der Waals surface area contributed by atoms with Crippen LogP contribution in [0.2, 0.25) is 0 Å². The van der Waals surface area contributed by atoms with Gasteiger partial charge in [-0.1, -0.05) is 24.3 Å². The Labute approximate surface area is 175 Å². The fourth-order valence-electron chi connectivity index (χ4n) is 3.46. The molecule has 1 heterocycles. The third-order valence-electron chi connectivity index (χ3n) is 4.89. The van der Waals surface area contributed by atoms with Gasteiger partial charge in [-0.25, -0.2) is 0 Å². The van der Waals surface area contributed by atoms with Gasteiger partial charge in [0.25, 0.3) is 5.91 Å². The molecule has 8 nitrogen and oxygen atoms in total. The lowest BCUT2D eigenvalue weighted by Gasteiger charge is -2.22. The summed E-state index contributed by atoms with van der Waals surface area (Å²) < 4.78 is 10.4. The van der Waals surface area contributed by atoms with Gasteiger partial charge < -0.3 is 25.0 Å². The van der Waals surface area contributed by atoms with Crippen molar-refractivity contribution in [3.8, 4) is 11.5 Å². The molecule has 3 amide bonds. The van der Waals surface area contributed by atoms with Crippen LogP contribution in [0, 0.1) is 0 Å². The number of para-hydroxylation sites is 1. The van der Waals surface area contributed by atoms with Crippen LogP contribution in [-0.2, 0) is 20.9 Å². The van der Waals surface area contributed by atoms with Crippen molar-refractivity contribution in [3.63, 3.8) is 0 Å². The number of hydrogen-bond donors (Lipinski definition) is 2. The van der Waals surface area contributed by atoms with Crippen molar-refractivity contribution in [2.75, 3.05) is 19.1 Å². The predicted molar refractivity (Wildman–Crippen MR) is 111 cm³/mol. The second-order valence-corrected chi connectivity index (χ2v) is 7.14. The van der Waals surface area contributed by atoms with Crippen LogP contribution in [-0.4, -0.2) is 38.0 Å². The fourth-order valence-corrected chi connectivity index (χ4v) is 3.46. The predicted octanol–water partition coefficient (Wildman–Crippen LogP) is 1.93. The van der Waals surface area contributed by atoms with E-state index in [1.165, 1.54) is 14.2 Å². The van der Waals surface area contributed by atoms with Gasteiger partial charge in [-0.3, -0.25) is 14.4 Å². The third-order valence-corrected chi connectivity index (χ3v) is 4.89. The van der Waals surface area contributed by atoms with Gasteiger partial charge in [-0.2, -0.15) is 0 Å². The molecular weight excluding hydrogens is 386 g/mol. The van der Waals surface area contributed by atoms with E-state index in [4.69, 9.17) is 9.47 Å². The van der Waals surface area contributed by atoms with Crippen LogP contribution in [0.4, 0.5) is 5.69 Å². The molecule has 1 unspecified atom stereocenters. The van der Waals surface area contributed by atoms with E-state index in [0.717, 1.165) is 11.3 Å². The van der Waals surface area contributed by atoms with Gasteiger partial charge in [-0.15, -0.1) is 0 Å². The average Bonchev–Trinajstić information content (AvgIpc) is 3.03. The van der Waals surface area contributed by atoms with Crippen LogP contribution in [0.15, 0.2) is 42.5 Å². The molecular formula is C22H25N3O5. The summed E-state index contributed by atoms with van der Waals surface area (Å²) in [5, 5.41) is 5.12. The summed E-state index contributed by atoms with van der Waals surface area (Å²) in [5.41, 5.74) is 2.16. The van der Waals surface area contributed by atoms with Gasteiger partial charge in [-0.05, 0) is 37.6 Å². The molecule has 0 bridgehead atoms. The van der Waals surface area contributed by atoms with Gasteiger partial charge in [0.15, 0.2) is 11.5 Å². The highest BCUT2D eigenvalue weighted by Crippen LogP contribution is 2.36. The Balaban J connectivity index is 1.66. The van der Waals surface area contributed by atoms with E-state index >= 15 is 0 Å². The summed E-state index contributed by atoms with van der Waals surface area (Å²) in [6.45, 7) is 3.92. The van der Waals surface area contributed by atoms with Crippen molar-refractivity contribution in [2.24, 2.45) is 0 Å². The van der Waals surface area contributed by atoms with E-state index in [0.29, 0.717) is 17.1 Å². The van der Waals surface area contributed by atoms with Crippen molar-refractivity contribution in [2.45, 2.75) is 32.5 Å². The van der Waals surface area contributed by atoms with Crippen molar-refractivity contribution < 1.29 is 23.9 Å². The highest BCUT2D eigenvalue weighted by Gasteiger charge is 2.39. The number of hydrogen-bond acceptors (Lipinski definition) is 5. The molecule has 0 radical (unpaired) electrons. The molecule has 0 saturated carbocycles. The first-order valence-corrected chi connectivity index (χ1v) is 9.59. The van der Waals surface area contributed by atoms with Gasteiger partial charge in [0.1, 0.15) is 6.04 Å². The zero-order valence-electron chi connectivity index (χ0n) is 17.4. The van der Waals surface area contributed by atoms with Crippen molar-refractivity contribution in [1.29, 1.82) is 0 Å². The number of benzene rings is 2. The molecule has 3 rings (SSSR count). The van der Waals surface area contributed by atoms with E-state index in [1.807, 2.05) is 26.0 Å². The van der Waals surface area contributed by atoms with Gasteiger partial charge in [0, 0.05) is 23.8 Å². The number of carbonyl (C=O) groups excluding carboxylic acids is 3. The second kappa shape index (κ2) is 8.86. The van der Waals surface area contributed by atoms with E-state index in [1.54, 1.807) is 35.2 Å². The fraction of sp³-hybridized carbons (Fsp3) is 0.318. The highest BCUT2D eigenvalue weighted by atomic mass is 16.5. The number of carbonyl (C=O) groups is 3. The molecule has 2 aromatic carbocycles. The molecule has 1 atom stereocenters. The number of rotatable bonds is 6. The maximum Gasteiger partial charge on any atom is 0.310 e. The van der Waals surface area contributed by atoms with Crippen LogP contribution >= 0.6 is 0 Å². The molecule has 30 heavy (non-hydrogen) atoms. The summed E-state index contributed by atoms with van der Waals surface area (Å²) in [4.78, 5) is 39.2. The quantitative estimate of drug-likeness (QED) is 0.708. The van der Waals surface area contributed by atoms with E-state index < -0.39 is 17.9 Å². The molecule has 1 aliphatic heterocycles. The number of anilines is 1. The molecule has 0 fully saturated rings. The SMILES string of the molecule is COc1ccc(CNC(=O)C(=O)NC2C(=O)N(C(C)C)c3ccccc32)cc1OC. The van der Waals surface area contributed by atoms with Crippen molar-refractivity contribution in [3.05, 3.63) is 53.6 Å². The molecule has 2 N–H and O–H groups in total. The number of ether oxygens (including phenoxy) is 2. The minimum atomic E-state index is -0.886. The van der Waals surface area contributed by atoms with Crippen LogP contribution < -0.4 is 25.0 Å². The first-order valence-electron chi connectivity index (χ1n) is 9.59. The Morgan fingerprint density at radius 3 is 2.40 bits per heavy atom. The number of nitrogens with one attached hydrogen (secondary N) is 2. The molecule has 0 aliphatic carbocycles. The zero-order valence-corrected chi connectivity index (χ0v) is 17.4. The van der Waals surface area contributed by atoms with Crippen molar-refractivity contribution >= 4 is 23.4 Å². The molecule has 8 heteroatoms. The molecule has 158 valence electrons. The van der Waals surface area contributed by atoms with Crippen LogP contribution in [0.1, 0.15) is 31.0 Å². The largest absolute Gasteiger partial charge is 0.493 e. The maximum absolute atomic E-state index is 12.8. The van der Waals surface area contributed by atoms with E-state index in [-0.39, 0.29) is 18.5 Å². The second-order valence-electron chi connectivity index (χ2n) is 7.14. The number of methoxy groups -OCH3 is 2. The summed E-state index contributed by atoms with van der Waals surface area (Å²) in [7, 11) is 3.05. The number of fused-ring (bicyclic) bond motifs is 1. The van der Waals surface area contributed by atoms with Gasteiger partial charge in [0.2, 0.25) is 0 Å².